The van der Waals surface area contributed by atoms with Crippen LogP contribution in [0, 0.1) is 6.92 Å². The molecule has 2 aromatic carbocycles. The highest BCUT2D eigenvalue weighted by Gasteiger charge is 2.16. The van der Waals surface area contributed by atoms with Crippen LogP contribution >= 0.6 is 46.4 Å². The monoisotopic (exact) mass is 318 g/mol. The molecule has 0 nitrogen and oxygen atoms in total. The summed E-state index contributed by atoms with van der Waals surface area (Å²) >= 11 is 24.5. The maximum Gasteiger partial charge on any atom is 0.0852 e. The van der Waals surface area contributed by atoms with Gasteiger partial charge in [-0.05, 0) is 47.9 Å². The molecule has 0 aliphatic rings. The molecule has 94 valence electrons. The summed E-state index contributed by atoms with van der Waals surface area (Å²) in [4.78, 5) is 0. The van der Waals surface area contributed by atoms with Crippen molar-refractivity contribution in [2.45, 2.75) is 12.3 Å². The number of benzene rings is 2. The summed E-state index contributed by atoms with van der Waals surface area (Å²) < 4.78 is 0. The maximum atomic E-state index is 6.48. The zero-order valence-corrected chi connectivity index (χ0v) is 12.6. The fourth-order valence-electron chi connectivity index (χ4n) is 1.76. The van der Waals surface area contributed by atoms with Crippen LogP contribution in [0.15, 0.2) is 36.4 Å². The van der Waals surface area contributed by atoms with Gasteiger partial charge in [0, 0.05) is 15.1 Å². The molecule has 0 fully saturated rings. The molecule has 2 rings (SSSR count). The van der Waals surface area contributed by atoms with Crippen LogP contribution in [0.2, 0.25) is 15.1 Å². The molecule has 0 aromatic heterocycles. The Hall–Kier alpha value is -0.400. The Morgan fingerprint density at radius 2 is 1.44 bits per heavy atom. The first-order valence-electron chi connectivity index (χ1n) is 5.34. The van der Waals surface area contributed by atoms with E-state index in [1.807, 2.05) is 31.2 Å². The minimum absolute atomic E-state index is 0.339. The first kappa shape index (κ1) is 14.0. The minimum Gasteiger partial charge on any atom is -0.113 e. The van der Waals surface area contributed by atoms with E-state index < -0.39 is 0 Å². The Morgan fingerprint density at radius 1 is 0.833 bits per heavy atom. The van der Waals surface area contributed by atoms with Crippen molar-refractivity contribution in [3.05, 3.63) is 68.2 Å². The van der Waals surface area contributed by atoms with Gasteiger partial charge in [-0.2, -0.15) is 0 Å². The van der Waals surface area contributed by atoms with Crippen LogP contribution in [0.4, 0.5) is 0 Å². The van der Waals surface area contributed by atoms with Gasteiger partial charge in [0.05, 0.1) is 5.38 Å². The van der Waals surface area contributed by atoms with Gasteiger partial charge >= 0.3 is 0 Å². The summed E-state index contributed by atoms with van der Waals surface area (Å²) in [5.41, 5.74) is 2.85. The van der Waals surface area contributed by atoms with Crippen molar-refractivity contribution in [1.82, 2.24) is 0 Å². The summed E-state index contributed by atoms with van der Waals surface area (Å²) in [6.07, 6.45) is 0. The number of rotatable bonds is 2. The lowest BCUT2D eigenvalue weighted by molar-refractivity contribution is 1.11. The molecule has 1 atom stereocenters. The molecule has 0 heterocycles. The number of aryl methyl sites for hydroxylation is 1. The average Bonchev–Trinajstić information content (AvgIpc) is 2.31. The Labute approximate surface area is 126 Å². The molecule has 18 heavy (non-hydrogen) atoms. The van der Waals surface area contributed by atoms with Gasteiger partial charge in [-0.15, -0.1) is 11.6 Å². The molecule has 0 amide bonds. The molecule has 1 unspecified atom stereocenters. The molecule has 0 N–H and O–H groups in total. The molecule has 0 aliphatic heterocycles. The van der Waals surface area contributed by atoms with Gasteiger partial charge in [0.15, 0.2) is 0 Å². The average molecular weight is 320 g/mol. The van der Waals surface area contributed by atoms with Gasteiger partial charge in [0.2, 0.25) is 0 Å². The van der Waals surface area contributed by atoms with Crippen LogP contribution in [0.3, 0.4) is 0 Å². The Kier molecular flexibility index (Phi) is 4.45. The van der Waals surface area contributed by atoms with Crippen LogP contribution in [0.5, 0.6) is 0 Å². The molecular weight excluding hydrogens is 310 g/mol. The predicted octanol–water partition coefficient (Wildman–Crippen LogP) is 6.28. The van der Waals surface area contributed by atoms with Crippen LogP contribution in [0.1, 0.15) is 22.1 Å². The fourth-order valence-corrected chi connectivity index (χ4v) is 2.94. The zero-order chi connectivity index (χ0) is 13.3. The van der Waals surface area contributed by atoms with Gasteiger partial charge in [-0.25, -0.2) is 0 Å². The van der Waals surface area contributed by atoms with Crippen molar-refractivity contribution in [2.75, 3.05) is 0 Å². The molecule has 0 aliphatic carbocycles. The number of hydrogen-bond donors (Lipinski definition) is 0. The molecule has 2 aromatic rings. The third kappa shape index (κ3) is 2.95. The highest BCUT2D eigenvalue weighted by atomic mass is 35.5. The van der Waals surface area contributed by atoms with Gasteiger partial charge in [0.1, 0.15) is 0 Å². The third-order valence-corrected chi connectivity index (χ3v) is 4.02. The van der Waals surface area contributed by atoms with E-state index in [0.717, 1.165) is 16.7 Å². The van der Waals surface area contributed by atoms with Crippen molar-refractivity contribution in [3.8, 4) is 0 Å². The van der Waals surface area contributed by atoms with E-state index in [9.17, 15) is 0 Å². The quantitative estimate of drug-likeness (QED) is 0.571. The molecule has 0 saturated carbocycles. The molecule has 0 bridgehead atoms. The van der Waals surface area contributed by atoms with Crippen LogP contribution in [-0.4, -0.2) is 0 Å². The van der Waals surface area contributed by atoms with Crippen molar-refractivity contribution >= 4 is 46.4 Å². The highest BCUT2D eigenvalue weighted by Crippen LogP contribution is 2.37. The third-order valence-electron chi connectivity index (χ3n) is 2.75. The van der Waals surface area contributed by atoms with Gasteiger partial charge in [0.25, 0.3) is 0 Å². The van der Waals surface area contributed by atoms with Gasteiger partial charge in [-0.3, -0.25) is 0 Å². The lowest BCUT2D eigenvalue weighted by Gasteiger charge is -2.15. The minimum atomic E-state index is -0.339. The molecule has 0 spiro atoms. The van der Waals surface area contributed by atoms with E-state index in [2.05, 4.69) is 0 Å². The van der Waals surface area contributed by atoms with E-state index in [4.69, 9.17) is 46.4 Å². The zero-order valence-electron chi connectivity index (χ0n) is 9.55. The number of halogens is 4. The first-order valence-corrected chi connectivity index (χ1v) is 6.91. The second-order valence-electron chi connectivity index (χ2n) is 4.03. The van der Waals surface area contributed by atoms with Crippen LogP contribution in [-0.2, 0) is 0 Å². The summed E-state index contributed by atoms with van der Waals surface area (Å²) in [5, 5.41) is 1.47. The van der Waals surface area contributed by atoms with E-state index in [-0.39, 0.29) is 5.38 Å². The summed E-state index contributed by atoms with van der Waals surface area (Å²) in [6, 6.07) is 10.9. The largest absolute Gasteiger partial charge is 0.113 e. The normalized spacial score (nSPS) is 12.5. The Bertz CT molecular complexity index is 578. The Morgan fingerprint density at radius 3 is 2.11 bits per heavy atom. The van der Waals surface area contributed by atoms with Crippen LogP contribution < -0.4 is 0 Å². The molecule has 4 heteroatoms. The van der Waals surface area contributed by atoms with E-state index in [1.54, 1.807) is 12.1 Å². The lowest BCUT2D eigenvalue weighted by Crippen LogP contribution is -1.97. The first-order chi connectivity index (χ1) is 8.49. The van der Waals surface area contributed by atoms with E-state index in [0.29, 0.717) is 15.1 Å². The standard InChI is InChI=1S/C14H10Cl4/c1-8-2-3-9(15)6-12(8)14(18)11-5-4-10(16)7-13(11)17/h2-7,14H,1H3. The predicted molar refractivity (Wildman–Crippen MR) is 80.3 cm³/mol. The van der Waals surface area contributed by atoms with Crippen molar-refractivity contribution in [1.29, 1.82) is 0 Å². The molecule has 0 radical (unpaired) electrons. The Balaban J connectivity index is 2.47. The van der Waals surface area contributed by atoms with Gasteiger partial charge in [-0.1, -0.05) is 46.9 Å². The van der Waals surface area contributed by atoms with E-state index in [1.165, 1.54) is 0 Å². The molecule has 0 saturated heterocycles. The summed E-state index contributed by atoms with van der Waals surface area (Å²) in [6.45, 7) is 1.99. The van der Waals surface area contributed by atoms with Crippen LogP contribution in [0.25, 0.3) is 0 Å². The van der Waals surface area contributed by atoms with Gasteiger partial charge < -0.3 is 0 Å². The lowest BCUT2D eigenvalue weighted by atomic mass is 10.00. The SMILES string of the molecule is Cc1ccc(Cl)cc1C(Cl)c1ccc(Cl)cc1Cl. The summed E-state index contributed by atoms with van der Waals surface area (Å²) in [5.74, 6) is 0. The van der Waals surface area contributed by atoms with Crippen molar-refractivity contribution in [3.63, 3.8) is 0 Å². The van der Waals surface area contributed by atoms with Crippen molar-refractivity contribution < 1.29 is 0 Å². The topological polar surface area (TPSA) is 0 Å². The smallest absolute Gasteiger partial charge is 0.0852 e. The number of alkyl halides is 1. The fraction of sp³-hybridized carbons (Fsp3) is 0.143. The number of hydrogen-bond acceptors (Lipinski definition) is 0. The summed E-state index contributed by atoms with van der Waals surface area (Å²) in [7, 11) is 0. The van der Waals surface area contributed by atoms with E-state index >= 15 is 0 Å². The second kappa shape index (κ2) is 5.71. The maximum absolute atomic E-state index is 6.48. The molecular formula is C14H10Cl4. The second-order valence-corrected chi connectivity index (χ2v) is 5.75. The highest BCUT2D eigenvalue weighted by molar-refractivity contribution is 6.36. The van der Waals surface area contributed by atoms with Crippen molar-refractivity contribution in [2.24, 2.45) is 0 Å².